The lowest BCUT2D eigenvalue weighted by Crippen LogP contribution is -2.64. The maximum Gasteiger partial charge on any atom is 0.132 e. The van der Waals surface area contributed by atoms with Crippen molar-refractivity contribution in [3.63, 3.8) is 0 Å². The summed E-state index contributed by atoms with van der Waals surface area (Å²) in [6.07, 6.45) is -1.34. The molecule has 3 aliphatic rings. The van der Waals surface area contributed by atoms with E-state index in [0.29, 0.717) is 39.3 Å². The fourth-order valence-corrected chi connectivity index (χ4v) is 6.93. The highest BCUT2D eigenvalue weighted by molar-refractivity contribution is 5.76. The Labute approximate surface area is 312 Å². The molecule has 3 aromatic rings. The Morgan fingerprint density at radius 3 is 2.11 bits per heavy atom. The molecule has 0 aromatic heterocycles. The van der Waals surface area contributed by atoms with Gasteiger partial charge in [-0.15, -0.1) is 0 Å². The molecule has 2 N–H and O–H groups in total. The van der Waals surface area contributed by atoms with Crippen molar-refractivity contribution in [3.05, 3.63) is 114 Å². The Morgan fingerprint density at radius 1 is 0.811 bits per heavy atom. The molecule has 3 aromatic carbocycles. The van der Waals surface area contributed by atoms with Gasteiger partial charge in [0, 0.05) is 25.7 Å². The van der Waals surface area contributed by atoms with Gasteiger partial charge in [-0.3, -0.25) is 4.79 Å². The van der Waals surface area contributed by atoms with E-state index in [9.17, 15) is 15.0 Å². The number of Topliss-reactive ketones (excluding diaryl/α,β-unsaturated/α-hetero) is 1. The Morgan fingerprint density at radius 2 is 1.45 bits per heavy atom. The number of fused-ring (bicyclic) bond motifs is 2. The van der Waals surface area contributed by atoms with Crippen LogP contribution < -0.4 is 4.74 Å². The van der Waals surface area contributed by atoms with Gasteiger partial charge in [0.1, 0.15) is 42.1 Å². The summed E-state index contributed by atoms with van der Waals surface area (Å²) in [5, 5.41) is 21.5. The lowest BCUT2D eigenvalue weighted by Gasteiger charge is -2.51. The predicted octanol–water partition coefficient (Wildman–Crippen LogP) is 5.12. The van der Waals surface area contributed by atoms with E-state index in [1.807, 2.05) is 91.0 Å². The third-order valence-electron chi connectivity index (χ3n) is 9.70. The second-order valence-corrected chi connectivity index (χ2v) is 13.8. The van der Waals surface area contributed by atoms with Crippen molar-refractivity contribution in [2.75, 3.05) is 13.7 Å². The first-order valence-electron chi connectivity index (χ1n) is 18.4. The molecule has 0 radical (unpaired) electrons. The number of carbonyl (C=O) groups excluding carboxylic acids is 1. The molecular formula is C43H50O10. The normalized spacial score (nSPS) is 28.4. The smallest absolute Gasteiger partial charge is 0.132 e. The second kappa shape index (κ2) is 19.4. The standard InChI is InChI=1S/C43H50O10/c1-29(44)24-39-41(49-27-30-10-5-3-6-11-30)43(50-28-31-12-7-4-8-13-31)42-40(52-39)25-38-37(53-42)21-20-35(46)36(51-38)15-9-14-33(45)22-23-48-26-32-16-18-34(47-2)19-17-32/h3-8,10-13,16-21,33,35-43,45-46H,15,22-28H2,1-2H3/t33?,35-,36+,37+,38-,39-,40+,41-,42+,43+/m0/s1. The summed E-state index contributed by atoms with van der Waals surface area (Å²) in [4.78, 5) is 12.5. The monoisotopic (exact) mass is 726 g/mol. The molecule has 6 rings (SSSR count). The summed E-state index contributed by atoms with van der Waals surface area (Å²) >= 11 is 0. The third-order valence-corrected chi connectivity index (χ3v) is 9.70. The molecule has 10 nitrogen and oxygen atoms in total. The van der Waals surface area contributed by atoms with Gasteiger partial charge in [0.2, 0.25) is 0 Å². The van der Waals surface area contributed by atoms with E-state index in [1.54, 1.807) is 20.1 Å². The van der Waals surface area contributed by atoms with Crippen molar-refractivity contribution in [2.24, 2.45) is 0 Å². The molecule has 3 aliphatic heterocycles. The minimum absolute atomic E-state index is 0.0143. The summed E-state index contributed by atoms with van der Waals surface area (Å²) in [6.45, 7) is 2.97. The fourth-order valence-electron chi connectivity index (χ4n) is 6.93. The van der Waals surface area contributed by atoms with Crippen LogP contribution in [0.5, 0.6) is 5.75 Å². The summed E-state index contributed by atoms with van der Waals surface area (Å²) in [5.41, 5.74) is 3.01. The molecule has 2 saturated heterocycles. The van der Waals surface area contributed by atoms with Crippen molar-refractivity contribution in [1.29, 1.82) is 0 Å². The van der Waals surface area contributed by atoms with E-state index in [1.165, 1.54) is 0 Å². The van der Waals surface area contributed by atoms with Crippen LogP contribution in [0.3, 0.4) is 0 Å². The number of aliphatic hydroxyl groups is 2. The molecule has 0 spiro atoms. The number of carbonyl (C=O) groups is 1. The molecule has 1 unspecified atom stereocenters. The molecule has 0 amide bonds. The molecule has 53 heavy (non-hydrogen) atoms. The van der Waals surface area contributed by atoms with Crippen LogP contribution in [0.15, 0.2) is 97.1 Å². The van der Waals surface area contributed by atoms with E-state index in [2.05, 4.69) is 11.8 Å². The highest BCUT2D eigenvalue weighted by atomic mass is 16.6. The van der Waals surface area contributed by atoms with E-state index >= 15 is 0 Å². The van der Waals surface area contributed by atoms with Gasteiger partial charge >= 0.3 is 0 Å². The molecule has 0 saturated carbocycles. The molecule has 3 heterocycles. The molecular weight excluding hydrogens is 676 g/mol. The maximum atomic E-state index is 12.5. The first kappa shape index (κ1) is 38.8. The summed E-state index contributed by atoms with van der Waals surface area (Å²) in [7, 11) is 1.62. The number of rotatable bonds is 15. The number of ether oxygens (including phenoxy) is 7. The zero-order valence-electron chi connectivity index (χ0n) is 30.3. The predicted molar refractivity (Wildman–Crippen MR) is 197 cm³/mol. The molecule has 2 fully saturated rings. The van der Waals surface area contributed by atoms with Crippen molar-refractivity contribution >= 4 is 5.78 Å². The molecule has 10 atom stereocenters. The lowest BCUT2D eigenvalue weighted by molar-refractivity contribution is -0.298. The Balaban J connectivity index is 1.09. The molecule has 10 heteroatoms. The van der Waals surface area contributed by atoms with Crippen molar-refractivity contribution < 1.29 is 48.2 Å². The van der Waals surface area contributed by atoms with Gasteiger partial charge in [-0.1, -0.05) is 96.8 Å². The molecule has 0 bridgehead atoms. The number of methoxy groups -OCH3 is 1. The first-order chi connectivity index (χ1) is 25.9. The Kier molecular flexibility index (Phi) is 14.2. The third kappa shape index (κ3) is 11.1. The average molecular weight is 727 g/mol. The van der Waals surface area contributed by atoms with Crippen LogP contribution in [0, 0.1) is 11.8 Å². The Bertz CT molecular complexity index is 1650. The maximum absolute atomic E-state index is 12.5. The summed E-state index contributed by atoms with van der Waals surface area (Å²) in [6, 6.07) is 27.4. The van der Waals surface area contributed by atoms with Gasteiger partial charge in [0.05, 0.1) is 64.1 Å². The second-order valence-electron chi connectivity index (χ2n) is 13.8. The van der Waals surface area contributed by atoms with E-state index < -0.39 is 61.0 Å². The van der Waals surface area contributed by atoms with Gasteiger partial charge in [0.15, 0.2) is 0 Å². The summed E-state index contributed by atoms with van der Waals surface area (Å²) < 4.78 is 43.9. The largest absolute Gasteiger partial charge is 0.497 e. The van der Waals surface area contributed by atoms with E-state index in [4.69, 9.17) is 33.2 Å². The van der Waals surface area contributed by atoms with Crippen LogP contribution in [-0.2, 0) is 53.0 Å². The van der Waals surface area contributed by atoms with Crippen molar-refractivity contribution in [2.45, 2.75) is 113 Å². The first-order valence-corrected chi connectivity index (χ1v) is 18.4. The molecule has 0 aliphatic carbocycles. The van der Waals surface area contributed by atoms with Crippen LogP contribution in [0.1, 0.15) is 49.3 Å². The number of hydrogen-bond donors (Lipinski definition) is 2. The van der Waals surface area contributed by atoms with Gasteiger partial charge in [-0.05, 0) is 35.7 Å². The highest BCUT2D eigenvalue weighted by Gasteiger charge is 2.53. The minimum Gasteiger partial charge on any atom is -0.497 e. The SMILES string of the molecule is COc1ccc(COCCC(O)C#CC[C@H]2O[C@H]3C[C@H]4O[C@@H](CC(C)=O)[C@H](OCc5ccccc5)[C@@H](OCc5ccccc5)[C@@H]4O[C@@H]3C=C[C@@H]2O)cc1. The lowest BCUT2D eigenvalue weighted by atomic mass is 9.86. The highest BCUT2D eigenvalue weighted by Crippen LogP contribution is 2.39. The number of hydrogen-bond acceptors (Lipinski definition) is 10. The molecule has 282 valence electrons. The topological polar surface area (TPSA) is 122 Å². The Hall–Kier alpha value is -3.89. The van der Waals surface area contributed by atoms with E-state index in [-0.39, 0.29) is 18.6 Å². The fraction of sp³-hybridized carbons (Fsp3) is 0.465. The van der Waals surface area contributed by atoms with Crippen LogP contribution in [0.25, 0.3) is 0 Å². The number of benzene rings is 3. The van der Waals surface area contributed by atoms with Crippen molar-refractivity contribution in [3.8, 4) is 17.6 Å². The van der Waals surface area contributed by atoms with Crippen molar-refractivity contribution in [1.82, 2.24) is 0 Å². The summed E-state index contributed by atoms with van der Waals surface area (Å²) in [5.74, 6) is 6.63. The minimum atomic E-state index is -0.927. The van der Waals surface area contributed by atoms with Crippen LogP contribution in [-0.4, -0.2) is 90.8 Å². The van der Waals surface area contributed by atoms with Crippen LogP contribution in [0.2, 0.25) is 0 Å². The van der Waals surface area contributed by atoms with Gasteiger partial charge in [-0.2, -0.15) is 0 Å². The van der Waals surface area contributed by atoms with E-state index in [0.717, 1.165) is 22.4 Å². The average Bonchev–Trinajstić information content (AvgIpc) is 3.32. The van der Waals surface area contributed by atoms with Gasteiger partial charge in [-0.25, -0.2) is 0 Å². The van der Waals surface area contributed by atoms with Crippen LogP contribution >= 0.6 is 0 Å². The quantitative estimate of drug-likeness (QED) is 0.124. The zero-order valence-corrected chi connectivity index (χ0v) is 30.3. The number of aliphatic hydroxyl groups excluding tert-OH is 2. The zero-order chi connectivity index (χ0) is 37.0. The van der Waals surface area contributed by atoms with Gasteiger partial charge < -0.3 is 43.4 Å². The van der Waals surface area contributed by atoms with Crippen LogP contribution in [0.4, 0.5) is 0 Å². The number of ketones is 1. The van der Waals surface area contributed by atoms with Gasteiger partial charge in [0.25, 0.3) is 0 Å².